The minimum absolute atomic E-state index is 0.0803. The van der Waals surface area contributed by atoms with Gasteiger partial charge >= 0.3 is 18.2 Å². The average Bonchev–Trinajstić information content (AvgIpc) is 3.38. The molecule has 2 amide bonds. The van der Waals surface area contributed by atoms with E-state index in [1.165, 1.54) is 13.0 Å². The molecular formula is C31H36N2O6. The van der Waals surface area contributed by atoms with Crippen molar-refractivity contribution in [1.29, 1.82) is 0 Å². The molecule has 2 aromatic carbocycles. The Balaban J connectivity index is 1.39. The molecule has 4 atom stereocenters. The molecule has 8 heteroatoms. The first-order chi connectivity index (χ1) is 18.6. The molecule has 2 aromatic rings. The van der Waals surface area contributed by atoms with Crippen molar-refractivity contribution in [2.24, 2.45) is 0 Å². The Hall–Kier alpha value is -3.81. The molecule has 0 unspecified atom stereocenters. The topological polar surface area (TPSA) is 85.4 Å². The standard InChI is InChI=1S/C31H36N2O6/c1-6-27(38-19(2)34)28-26-16-15-20(33(26)30(36)39-31(3,4)5)17-32(28)29(35)37-18-25-23-13-9-7-11-21(23)22-12-8-10-14-24(22)25/h6-14,20,25-28H,1,15-18H2,2-5H3/t20-,26+,27-,28+/m1/s1. The van der Waals surface area contributed by atoms with E-state index in [-0.39, 0.29) is 25.1 Å². The van der Waals surface area contributed by atoms with Gasteiger partial charge in [-0.15, -0.1) is 0 Å². The molecule has 0 spiro atoms. The van der Waals surface area contributed by atoms with Crippen molar-refractivity contribution in [2.75, 3.05) is 13.2 Å². The highest BCUT2D eigenvalue weighted by Gasteiger charge is 2.54. The number of amides is 2. The van der Waals surface area contributed by atoms with Crippen molar-refractivity contribution in [1.82, 2.24) is 9.80 Å². The fourth-order valence-electron chi connectivity index (χ4n) is 6.30. The third-order valence-corrected chi connectivity index (χ3v) is 7.75. The lowest BCUT2D eigenvalue weighted by Crippen LogP contribution is -2.66. The van der Waals surface area contributed by atoms with Crippen LogP contribution in [-0.2, 0) is 19.0 Å². The molecule has 2 bridgehead atoms. The largest absolute Gasteiger partial charge is 0.456 e. The fourth-order valence-corrected chi connectivity index (χ4v) is 6.30. The van der Waals surface area contributed by atoms with Crippen LogP contribution in [0.1, 0.15) is 57.6 Å². The van der Waals surface area contributed by atoms with Crippen molar-refractivity contribution < 1.29 is 28.6 Å². The van der Waals surface area contributed by atoms with E-state index in [9.17, 15) is 14.4 Å². The number of ether oxygens (including phenoxy) is 3. The molecule has 0 N–H and O–H groups in total. The zero-order valence-electron chi connectivity index (χ0n) is 23.0. The van der Waals surface area contributed by atoms with Crippen LogP contribution in [0.5, 0.6) is 0 Å². The number of carbonyl (C=O) groups is 3. The Bertz CT molecular complexity index is 1240. The van der Waals surface area contributed by atoms with Gasteiger partial charge in [0.1, 0.15) is 18.3 Å². The van der Waals surface area contributed by atoms with Crippen LogP contribution in [0.2, 0.25) is 0 Å². The smallest absolute Gasteiger partial charge is 0.410 e. The van der Waals surface area contributed by atoms with E-state index in [4.69, 9.17) is 14.2 Å². The number of fused-ring (bicyclic) bond motifs is 5. The van der Waals surface area contributed by atoms with Gasteiger partial charge in [0.25, 0.3) is 0 Å². The lowest BCUT2D eigenvalue weighted by atomic mass is 9.97. The number of hydrogen-bond donors (Lipinski definition) is 0. The molecule has 206 valence electrons. The third-order valence-electron chi connectivity index (χ3n) is 7.75. The Morgan fingerprint density at radius 3 is 2.18 bits per heavy atom. The van der Waals surface area contributed by atoms with Gasteiger partial charge in [-0.25, -0.2) is 9.59 Å². The maximum Gasteiger partial charge on any atom is 0.410 e. The van der Waals surface area contributed by atoms with Gasteiger partial charge in [0.15, 0.2) is 0 Å². The summed E-state index contributed by atoms with van der Waals surface area (Å²) in [6.07, 6.45) is 1.13. The summed E-state index contributed by atoms with van der Waals surface area (Å²) >= 11 is 0. The number of nitrogens with zero attached hydrogens (tertiary/aromatic N) is 2. The summed E-state index contributed by atoms with van der Waals surface area (Å²) < 4.78 is 17.3. The SMILES string of the molecule is C=C[C@@H](OC(C)=O)[C@@H]1[C@@H]2CC[C@H](CN1C(=O)OCC1c3ccccc3-c3ccccc31)N2C(=O)OC(C)(C)C. The highest BCUT2D eigenvalue weighted by atomic mass is 16.6. The van der Waals surface area contributed by atoms with Crippen molar-refractivity contribution in [3.8, 4) is 11.1 Å². The molecule has 0 aromatic heterocycles. The number of benzene rings is 2. The maximum atomic E-state index is 13.7. The van der Waals surface area contributed by atoms with Crippen molar-refractivity contribution in [2.45, 2.75) is 76.3 Å². The monoisotopic (exact) mass is 532 g/mol. The van der Waals surface area contributed by atoms with E-state index in [0.29, 0.717) is 12.8 Å². The zero-order chi connectivity index (χ0) is 27.9. The van der Waals surface area contributed by atoms with E-state index in [1.54, 1.807) is 9.80 Å². The summed E-state index contributed by atoms with van der Waals surface area (Å²) in [5.41, 5.74) is 3.89. The van der Waals surface area contributed by atoms with Gasteiger partial charge in [0.2, 0.25) is 0 Å². The van der Waals surface area contributed by atoms with Gasteiger partial charge in [-0.2, -0.15) is 0 Å². The number of esters is 1. The van der Waals surface area contributed by atoms with Gasteiger partial charge in [-0.3, -0.25) is 14.6 Å². The third kappa shape index (κ3) is 5.12. The molecule has 0 saturated carbocycles. The number of likely N-dealkylation sites (tertiary alicyclic amines) is 1. The van der Waals surface area contributed by atoms with E-state index in [0.717, 1.165) is 22.3 Å². The van der Waals surface area contributed by atoms with Crippen LogP contribution in [0.15, 0.2) is 61.2 Å². The maximum absolute atomic E-state index is 13.7. The molecule has 8 nitrogen and oxygen atoms in total. The minimum atomic E-state index is -0.808. The van der Waals surface area contributed by atoms with E-state index >= 15 is 0 Å². The Labute approximate surface area is 229 Å². The van der Waals surface area contributed by atoms with Crippen LogP contribution in [0.3, 0.4) is 0 Å². The van der Waals surface area contributed by atoms with E-state index < -0.39 is 41.9 Å². The first kappa shape index (κ1) is 26.8. The summed E-state index contributed by atoms with van der Waals surface area (Å²) in [5.74, 6) is -0.570. The lowest BCUT2D eigenvalue weighted by Gasteiger charge is -2.47. The van der Waals surface area contributed by atoms with E-state index in [2.05, 4.69) is 30.8 Å². The number of carbonyl (C=O) groups excluding carboxylic acids is 3. The Morgan fingerprint density at radius 2 is 1.62 bits per heavy atom. The number of hydrogen-bond acceptors (Lipinski definition) is 6. The summed E-state index contributed by atoms with van der Waals surface area (Å²) in [6.45, 7) is 11.1. The molecular weight excluding hydrogens is 496 g/mol. The first-order valence-corrected chi connectivity index (χ1v) is 13.5. The fraction of sp³-hybridized carbons (Fsp3) is 0.452. The summed E-state index contributed by atoms with van der Waals surface area (Å²) in [4.78, 5) is 42.2. The second-order valence-corrected chi connectivity index (χ2v) is 11.4. The summed E-state index contributed by atoms with van der Waals surface area (Å²) in [5, 5.41) is 0. The first-order valence-electron chi connectivity index (χ1n) is 13.5. The molecule has 0 radical (unpaired) electrons. The molecule has 2 fully saturated rings. The predicted molar refractivity (Wildman–Crippen MR) is 146 cm³/mol. The van der Waals surface area contributed by atoms with Crippen molar-refractivity contribution >= 4 is 18.2 Å². The Morgan fingerprint density at radius 1 is 1.00 bits per heavy atom. The minimum Gasteiger partial charge on any atom is -0.456 e. The van der Waals surface area contributed by atoms with Crippen LogP contribution in [0, 0.1) is 0 Å². The van der Waals surface area contributed by atoms with Gasteiger partial charge in [-0.1, -0.05) is 55.1 Å². The number of rotatable bonds is 5. The van der Waals surface area contributed by atoms with Gasteiger partial charge in [0.05, 0.1) is 18.1 Å². The molecule has 3 aliphatic rings. The molecule has 39 heavy (non-hydrogen) atoms. The molecule has 2 heterocycles. The molecule has 1 aliphatic carbocycles. The molecule has 2 saturated heterocycles. The lowest BCUT2D eigenvalue weighted by molar-refractivity contribution is -0.149. The molecule has 2 aliphatic heterocycles. The van der Waals surface area contributed by atoms with Crippen molar-refractivity contribution in [3.63, 3.8) is 0 Å². The second kappa shape index (κ2) is 10.4. The quantitative estimate of drug-likeness (QED) is 0.287. The summed E-state index contributed by atoms with van der Waals surface area (Å²) in [7, 11) is 0. The molecule has 5 rings (SSSR count). The van der Waals surface area contributed by atoms with Crippen LogP contribution < -0.4 is 0 Å². The van der Waals surface area contributed by atoms with Crippen molar-refractivity contribution in [3.05, 3.63) is 72.3 Å². The summed E-state index contributed by atoms with van der Waals surface area (Å²) in [6, 6.07) is 15.1. The highest BCUT2D eigenvalue weighted by molar-refractivity contribution is 5.79. The average molecular weight is 533 g/mol. The zero-order valence-corrected chi connectivity index (χ0v) is 23.0. The Kier molecular flexibility index (Phi) is 7.14. The van der Waals surface area contributed by atoms with Crippen LogP contribution in [0.25, 0.3) is 11.1 Å². The van der Waals surface area contributed by atoms with E-state index in [1.807, 2.05) is 45.0 Å². The second-order valence-electron chi connectivity index (χ2n) is 11.4. The van der Waals surface area contributed by atoms with Gasteiger partial charge in [-0.05, 0) is 61.9 Å². The van der Waals surface area contributed by atoms with Crippen LogP contribution in [-0.4, -0.2) is 70.9 Å². The van der Waals surface area contributed by atoms with Crippen LogP contribution in [0.4, 0.5) is 9.59 Å². The highest BCUT2D eigenvalue weighted by Crippen LogP contribution is 2.45. The predicted octanol–water partition coefficient (Wildman–Crippen LogP) is 5.51. The van der Waals surface area contributed by atoms with Gasteiger partial charge < -0.3 is 14.2 Å². The van der Waals surface area contributed by atoms with Gasteiger partial charge in [0, 0.05) is 19.4 Å². The number of piperazine rings is 1. The normalized spacial score (nSPS) is 22.5. The van der Waals surface area contributed by atoms with Crippen LogP contribution >= 0.6 is 0 Å².